The van der Waals surface area contributed by atoms with E-state index in [1.807, 2.05) is 39.8 Å². The summed E-state index contributed by atoms with van der Waals surface area (Å²) in [5.74, 6) is 0. The standard InChI is InChI=1S/C19H24N4O4S2/c1-11-9-13-12(7-8-20-17(13)22-11)14-5-6-16(28-14)29(26,27)21-10-15(19(2,3)4)23-18(24)25/h5-9,15,21,23H,10H2,1-4H3,(H,20,22)(H,24,25). The first-order valence-electron chi connectivity index (χ1n) is 9.01. The van der Waals surface area contributed by atoms with E-state index in [-0.39, 0.29) is 10.8 Å². The number of hydrogen-bond acceptors (Lipinski definition) is 5. The zero-order valence-electron chi connectivity index (χ0n) is 16.6. The minimum atomic E-state index is -3.77. The molecule has 0 radical (unpaired) electrons. The van der Waals surface area contributed by atoms with E-state index in [1.165, 1.54) is 0 Å². The lowest BCUT2D eigenvalue weighted by molar-refractivity contribution is 0.175. The van der Waals surface area contributed by atoms with Gasteiger partial charge in [-0.2, -0.15) is 0 Å². The first-order valence-corrected chi connectivity index (χ1v) is 11.3. The van der Waals surface area contributed by atoms with Gasteiger partial charge >= 0.3 is 6.09 Å². The fraction of sp³-hybridized carbons (Fsp3) is 0.368. The van der Waals surface area contributed by atoms with Crippen molar-refractivity contribution in [3.63, 3.8) is 0 Å². The van der Waals surface area contributed by atoms with Crippen molar-refractivity contribution < 1.29 is 18.3 Å². The van der Waals surface area contributed by atoms with E-state index in [0.717, 1.165) is 38.5 Å². The molecule has 0 aliphatic rings. The Labute approximate surface area is 173 Å². The summed E-state index contributed by atoms with van der Waals surface area (Å²) in [7, 11) is -3.77. The van der Waals surface area contributed by atoms with Crippen LogP contribution in [0.2, 0.25) is 0 Å². The van der Waals surface area contributed by atoms with Crippen molar-refractivity contribution in [1.29, 1.82) is 0 Å². The van der Waals surface area contributed by atoms with Gasteiger partial charge in [-0.1, -0.05) is 20.8 Å². The van der Waals surface area contributed by atoms with E-state index in [9.17, 15) is 13.2 Å². The van der Waals surface area contributed by atoms with Gasteiger partial charge in [0.1, 0.15) is 9.86 Å². The minimum Gasteiger partial charge on any atom is -0.465 e. The van der Waals surface area contributed by atoms with Crippen LogP contribution in [-0.4, -0.2) is 42.2 Å². The fourth-order valence-corrected chi connectivity index (χ4v) is 5.41. The molecule has 10 heteroatoms. The maximum absolute atomic E-state index is 12.8. The molecular weight excluding hydrogens is 412 g/mol. The predicted octanol–water partition coefficient (Wildman–Crippen LogP) is 3.56. The van der Waals surface area contributed by atoms with Crippen LogP contribution in [0.3, 0.4) is 0 Å². The van der Waals surface area contributed by atoms with E-state index in [1.54, 1.807) is 18.3 Å². The number of fused-ring (bicyclic) bond motifs is 1. The number of nitrogens with one attached hydrogen (secondary N) is 3. The number of carbonyl (C=O) groups is 1. The number of amides is 1. The highest BCUT2D eigenvalue weighted by atomic mass is 32.2. The van der Waals surface area contributed by atoms with E-state index in [4.69, 9.17) is 5.11 Å². The third kappa shape index (κ3) is 4.77. The fourth-order valence-electron chi connectivity index (χ4n) is 2.97. The van der Waals surface area contributed by atoms with Crippen molar-refractivity contribution in [1.82, 2.24) is 20.0 Å². The van der Waals surface area contributed by atoms with E-state index in [2.05, 4.69) is 20.0 Å². The Morgan fingerprint density at radius 3 is 2.69 bits per heavy atom. The van der Waals surface area contributed by atoms with Crippen LogP contribution in [0.4, 0.5) is 4.79 Å². The first kappa shape index (κ1) is 21.3. The lowest BCUT2D eigenvalue weighted by atomic mass is 9.87. The Bertz CT molecular complexity index is 1140. The molecule has 0 aliphatic carbocycles. The van der Waals surface area contributed by atoms with Crippen LogP contribution in [0.15, 0.2) is 34.7 Å². The average Bonchev–Trinajstić information content (AvgIpc) is 3.23. The number of rotatable bonds is 6. The van der Waals surface area contributed by atoms with Crippen molar-refractivity contribution in [3.05, 3.63) is 36.2 Å². The number of nitrogens with zero attached hydrogens (tertiary/aromatic N) is 1. The number of sulfonamides is 1. The molecule has 8 nitrogen and oxygen atoms in total. The molecule has 0 aromatic carbocycles. The smallest absolute Gasteiger partial charge is 0.404 e. The summed E-state index contributed by atoms with van der Waals surface area (Å²) in [6, 6.07) is 6.60. The first-order chi connectivity index (χ1) is 13.5. The molecule has 0 fully saturated rings. The lowest BCUT2D eigenvalue weighted by Crippen LogP contribution is -2.50. The molecule has 1 unspecified atom stereocenters. The number of thiophene rings is 1. The summed E-state index contributed by atoms with van der Waals surface area (Å²) < 4.78 is 28.2. The molecule has 3 rings (SSSR count). The molecule has 0 saturated heterocycles. The predicted molar refractivity (Wildman–Crippen MR) is 114 cm³/mol. The molecule has 29 heavy (non-hydrogen) atoms. The van der Waals surface area contributed by atoms with Crippen LogP contribution in [0.25, 0.3) is 21.5 Å². The number of hydrogen-bond donors (Lipinski definition) is 4. The summed E-state index contributed by atoms with van der Waals surface area (Å²) in [6.07, 6.45) is 0.497. The van der Waals surface area contributed by atoms with Gasteiger partial charge in [-0.15, -0.1) is 11.3 Å². The van der Waals surface area contributed by atoms with Gasteiger partial charge in [-0.05, 0) is 36.6 Å². The SMILES string of the molecule is Cc1cc2c(-c3ccc(S(=O)(=O)NCC(NC(=O)O)C(C)(C)C)s3)ccnc2[nH]1. The summed E-state index contributed by atoms with van der Waals surface area (Å²) >= 11 is 1.16. The highest BCUT2D eigenvalue weighted by Gasteiger charge is 2.28. The Balaban J connectivity index is 1.84. The molecule has 0 aliphatic heterocycles. The molecule has 3 heterocycles. The Morgan fingerprint density at radius 1 is 1.31 bits per heavy atom. The highest BCUT2D eigenvalue weighted by Crippen LogP contribution is 2.35. The zero-order valence-corrected chi connectivity index (χ0v) is 18.2. The van der Waals surface area contributed by atoms with Gasteiger partial charge in [0, 0.05) is 34.3 Å². The summed E-state index contributed by atoms with van der Waals surface area (Å²) in [4.78, 5) is 19.3. The van der Waals surface area contributed by atoms with Gasteiger partial charge in [0.05, 0.1) is 6.04 Å². The number of aryl methyl sites for hydroxylation is 1. The van der Waals surface area contributed by atoms with Crippen LogP contribution in [-0.2, 0) is 10.0 Å². The lowest BCUT2D eigenvalue weighted by Gasteiger charge is -2.30. The third-order valence-corrected chi connectivity index (χ3v) is 7.63. The van der Waals surface area contributed by atoms with Crippen molar-refractivity contribution in [2.75, 3.05) is 6.54 Å². The van der Waals surface area contributed by atoms with Gasteiger partial charge in [0.2, 0.25) is 10.0 Å². The Morgan fingerprint density at radius 2 is 2.03 bits per heavy atom. The number of H-pyrrole nitrogens is 1. The van der Waals surface area contributed by atoms with Crippen LogP contribution < -0.4 is 10.0 Å². The van der Waals surface area contributed by atoms with Gasteiger partial charge in [-0.3, -0.25) is 0 Å². The average molecular weight is 437 g/mol. The minimum absolute atomic E-state index is 0.0398. The van der Waals surface area contributed by atoms with Crippen molar-refractivity contribution in [2.45, 2.75) is 37.9 Å². The molecule has 4 N–H and O–H groups in total. The molecule has 0 saturated carbocycles. The van der Waals surface area contributed by atoms with E-state index in [0.29, 0.717) is 0 Å². The van der Waals surface area contributed by atoms with Crippen molar-refractivity contribution in [3.8, 4) is 10.4 Å². The Kier molecular flexibility index (Phi) is 5.70. The molecule has 0 spiro atoms. The van der Waals surface area contributed by atoms with Crippen LogP contribution in [0.5, 0.6) is 0 Å². The number of carboxylic acid groups (broad SMARTS) is 1. The molecular formula is C19H24N4O4S2. The quantitative estimate of drug-likeness (QED) is 0.470. The molecule has 1 amide bonds. The van der Waals surface area contributed by atoms with Crippen LogP contribution in [0, 0.1) is 12.3 Å². The summed E-state index contributed by atoms with van der Waals surface area (Å²) in [5.41, 5.74) is 2.19. The largest absolute Gasteiger partial charge is 0.465 e. The number of aromatic amines is 1. The zero-order chi connectivity index (χ0) is 21.4. The van der Waals surface area contributed by atoms with Crippen LogP contribution >= 0.6 is 11.3 Å². The maximum atomic E-state index is 12.8. The van der Waals surface area contributed by atoms with Crippen molar-refractivity contribution >= 4 is 38.5 Å². The molecule has 3 aromatic rings. The topological polar surface area (TPSA) is 124 Å². The molecule has 0 bridgehead atoms. The van der Waals surface area contributed by atoms with E-state index < -0.39 is 27.6 Å². The highest BCUT2D eigenvalue weighted by molar-refractivity contribution is 7.91. The van der Waals surface area contributed by atoms with Gasteiger partial charge < -0.3 is 15.4 Å². The summed E-state index contributed by atoms with van der Waals surface area (Å²) in [6.45, 7) is 7.44. The second-order valence-corrected chi connectivity index (χ2v) is 11.0. The van der Waals surface area contributed by atoms with Crippen LogP contribution in [0.1, 0.15) is 26.5 Å². The molecule has 3 aromatic heterocycles. The molecule has 156 valence electrons. The van der Waals surface area contributed by atoms with E-state index >= 15 is 0 Å². The summed E-state index contributed by atoms with van der Waals surface area (Å²) in [5, 5.41) is 12.3. The van der Waals surface area contributed by atoms with Gasteiger partial charge in [0.15, 0.2) is 0 Å². The monoisotopic (exact) mass is 436 g/mol. The normalized spacial score (nSPS) is 13.5. The number of aromatic nitrogens is 2. The molecule has 1 atom stereocenters. The second-order valence-electron chi connectivity index (χ2n) is 7.91. The maximum Gasteiger partial charge on any atom is 0.404 e. The number of pyridine rings is 1. The van der Waals surface area contributed by atoms with Gasteiger partial charge in [0.25, 0.3) is 0 Å². The third-order valence-electron chi connectivity index (χ3n) is 4.60. The van der Waals surface area contributed by atoms with Crippen molar-refractivity contribution in [2.24, 2.45) is 5.41 Å². The van der Waals surface area contributed by atoms with Gasteiger partial charge in [-0.25, -0.2) is 22.9 Å². The second kappa shape index (κ2) is 7.77. The Hall–Kier alpha value is -2.43.